The molecule has 5 heteroatoms. The first kappa shape index (κ1) is 22.9. The summed E-state index contributed by atoms with van der Waals surface area (Å²) >= 11 is 0. The van der Waals surface area contributed by atoms with Crippen LogP contribution in [0, 0.1) is 20.8 Å². The van der Waals surface area contributed by atoms with Gasteiger partial charge < -0.3 is 15.0 Å². The van der Waals surface area contributed by atoms with Crippen molar-refractivity contribution >= 4 is 12.0 Å². The zero-order chi connectivity index (χ0) is 21.4. The topological polar surface area (TPSA) is 67.2 Å². The molecule has 1 aromatic carbocycles. The Morgan fingerprint density at radius 3 is 2.76 bits per heavy atom. The number of allylic oxidation sites excluding steroid dienone is 1. The lowest BCUT2D eigenvalue weighted by Gasteiger charge is -2.13. The van der Waals surface area contributed by atoms with Crippen LogP contribution in [0.3, 0.4) is 0 Å². The van der Waals surface area contributed by atoms with Crippen molar-refractivity contribution in [3.63, 3.8) is 0 Å². The fourth-order valence-corrected chi connectivity index (χ4v) is 3.43. The van der Waals surface area contributed by atoms with E-state index in [1.54, 1.807) is 6.92 Å². The smallest absolute Gasteiger partial charge is 0.220 e. The molecule has 0 fully saturated rings. The molecular weight excluding hydrogens is 362 g/mol. The molecule has 158 valence electrons. The Balaban J connectivity index is 2.09. The summed E-state index contributed by atoms with van der Waals surface area (Å²) < 4.78 is 2.26. The van der Waals surface area contributed by atoms with E-state index in [1.807, 2.05) is 19.1 Å². The number of nitrogens with one attached hydrogen (secondary N) is 1. The van der Waals surface area contributed by atoms with Crippen molar-refractivity contribution in [2.75, 3.05) is 6.54 Å². The van der Waals surface area contributed by atoms with Gasteiger partial charge in [0.2, 0.25) is 5.91 Å². The maximum absolute atomic E-state index is 12.0. The molecule has 1 unspecified atom stereocenters. The van der Waals surface area contributed by atoms with E-state index in [2.05, 4.69) is 48.9 Å². The van der Waals surface area contributed by atoms with Crippen LogP contribution in [0.25, 0.3) is 6.08 Å². The number of rotatable bonds is 10. The number of aromatic nitrogens is 2. The molecule has 2 aromatic rings. The molecule has 5 nitrogen and oxygen atoms in total. The molecule has 2 N–H and O–H groups in total. The first-order valence-electron chi connectivity index (χ1n) is 10.5. The molecule has 0 aliphatic carbocycles. The number of hydrogen-bond donors (Lipinski definition) is 2. The SMILES string of the molecule is C/C=C\c1nc(CCNC(=O)CCCC(C)O)n(Cc2cc(C)ccc2C)c1C. The summed E-state index contributed by atoms with van der Waals surface area (Å²) in [7, 11) is 0. The average Bonchev–Trinajstić information content (AvgIpc) is 2.94. The highest BCUT2D eigenvalue weighted by Crippen LogP contribution is 2.19. The number of aliphatic hydroxyl groups is 1. The fraction of sp³-hybridized carbons (Fsp3) is 0.500. The number of aliphatic hydroxyl groups excluding tert-OH is 1. The Hall–Kier alpha value is -2.40. The lowest BCUT2D eigenvalue weighted by atomic mass is 10.1. The van der Waals surface area contributed by atoms with Gasteiger partial charge in [0.25, 0.3) is 0 Å². The van der Waals surface area contributed by atoms with Gasteiger partial charge in [0, 0.05) is 31.6 Å². The predicted molar refractivity (Wildman–Crippen MR) is 119 cm³/mol. The number of nitrogens with zero attached hydrogens (tertiary/aromatic N) is 2. The summed E-state index contributed by atoms with van der Waals surface area (Å²) in [6.07, 6.45) is 6.18. The van der Waals surface area contributed by atoms with E-state index in [0.29, 0.717) is 32.2 Å². The van der Waals surface area contributed by atoms with Crippen molar-refractivity contribution in [1.29, 1.82) is 0 Å². The summed E-state index contributed by atoms with van der Waals surface area (Å²) in [4.78, 5) is 16.8. The average molecular weight is 398 g/mol. The number of benzene rings is 1. The highest BCUT2D eigenvalue weighted by Gasteiger charge is 2.14. The largest absolute Gasteiger partial charge is 0.393 e. The molecule has 1 atom stereocenters. The van der Waals surface area contributed by atoms with Crippen LogP contribution in [0.2, 0.25) is 0 Å². The summed E-state index contributed by atoms with van der Waals surface area (Å²) in [6.45, 7) is 11.4. The van der Waals surface area contributed by atoms with E-state index in [-0.39, 0.29) is 12.0 Å². The van der Waals surface area contributed by atoms with E-state index in [1.165, 1.54) is 16.7 Å². The fourth-order valence-electron chi connectivity index (χ4n) is 3.43. The van der Waals surface area contributed by atoms with Gasteiger partial charge in [-0.2, -0.15) is 0 Å². The maximum Gasteiger partial charge on any atom is 0.220 e. The molecular formula is C24H35N3O2. The summed E-state index contributed by atoms with van der Waals surface area (Å²) in [5, 5.41) is 12.3. The highest BCUT2D eigenvalue weighted by molar-refractivity contribution is 5.75. The van der Waals surface area contributed by atoms with Crippen LogP contribution >= 0.6 is 0 Å². The third-order valence-electron chi connectivity index (χ3n) is 5.19. The maximum atomic E-state index is 12.0. The summed E-state index contributed by atoms with van der Waals surface area (Å²) in [6, 6.07) is 6.54. The second-order valence-corrected chi connectivity index (χ2v) is 7.86. The van der Waals surface area contributed by atoms with Gasteiger partial charge in [-0.1, -0.05) is 29.8 Å². The zero-order valence-electron chi connectivity index (χ0n) is 18.5. The molecule has 1 amide bonds. The quantitative estimate of drug-likeness (QED) is 0.634. The number of carbonyl (C=O) groups is 1. The monoisotopic (exact) mass is 397 g/mol. The Morgan fingerprint density at radius 1 is 1.31 bits per heavy atom. The Labute approximate surface area is 174 Å². The van der Waals surface area contributed by atoms with E-state index in [0.717, 1.165) is 23.8 Å². The van der Waals surface area contributed by atoms with Crippen molar-refractivity contribution in [2.45, 2.75) is 73.0 Å². The molecule has 0 aliphatic rings. The van der Waals surface area contributed by atoms with E-state index in [9.17, 15) is 9.90 Å². The number of hydrogen-bond acceptors (Lipinski definition) is 3. The van der Waals surface area contributed by atoms with Crippen molar-refractivity contribution in [2.24, 2.45) is 0 Å². The normalized spacial score (nSPS) is 12.5. The molecule has 29 heavy (non-hydrogen) atoms. The van der Waals surface area contributed by atoms with Crippen LogP contribution in [0.15, 0.2) is 24.3 Å². The second kappa shape index (κ2) is 11.0. The standard InChI is InChI=1S/C24H35N3O2/c1-6-8-22-20(5)27(16-21-15-17(2)11-12-18(21)3)23(26-22)13-14-25-24(29)10-7-9-19(4)28/h6,8,11-12,15,19,28H,7,9-10,13-14,16H2,1-5H3,(H,25,29)/b8-6-. The van der Waals surface area contributed by atoms with Gasteiger partial charge >= 0.3 is 0 Å². The molecule has 1 heterocycles. The van der Waals surface area contributed by atoms with Crippen molar-refractivity contribution < 1.29 is 9.90 Å². The van der Waals surface area contributed by atoms with Gasteiger partial charge in [-0.15, -0.1) is 0 Å². The van der Waals surface area contributed by atoms with Crippen molar-refractivity contribution in [3.05, 3.63) is 58.2 Å². The summed E-state index contributed by atoms with van der Waals surface area (Å²) in [5.41, 5.74) is 5.94. The molecule has 0 bridgehead atoms. The first-order chi connectivity index (χ1) is 13.8. The molecule has 0 saturated heterocycles. The number of carbonyl (C=O) groups excluding carboxylic acids is 1. The third kappa shape index (κ3) is 6.86. The molecule has 1 aromatic heterocycles. The number of imidazole rings is 1. The van der Waals surface area contributed by atoms with Crippen LogP contribution in [-0.2, 0) is 17.8 Å². The van der Waals surface area contributed by atoms with Crippen molar-refractivity contribution in [1.82, 2.24) is 14.9 Å². The van der Waals surface area contributed by atoms with Gasteiger partial charge in [-0.3, -0.25) is 4.79 Å². The van der Waals surface area contributed by atoms with E-state index < -0.39 is 0 Å². The Morgan fingerprint density at radius 2 is 2.07 bits per heavy atom. The van der Waals surface area contributed by atoms with Crippen LogP contribution in [-0.4, -0.2) is 33.2 Å². The van der Waals surface area contributed by atoms with Gasteiger partial charge in [-0.25, -0.2) is 4.98 Å². The number of aryl methyl sites for hydroxylation is 2. The van der Waals surface area contributed by atoms with Gasteiger partial charge in [0.15, 0.2) is 0 Å². The van der Waals surface area contributed by atoms with Gasteiger partial charge in [-0.05, 0) is 64.7 Å². The van der Waals surface area contributed by atoms with Crippen LogP contribution in [0.1, 0.15) is 67.0 Å². The molecule has 0 radical (unpaired) electrons. The Kier molecular flexibility index (Phi) is 8.65. The molecule has 0 aliphatic heterocycles. The molecule has 0 saturated carbocycles. The van der Waals surface area contributed by atoms with Crippen LogP contribution in [0.4, 0.5) is 0 Å². The highest BCUT2D eigenvalue weighted by atomic mass is 16.3. The zero-order valence-corrected chi connectivity index (χ0v) is 18.5. The first-order valence-corrected chi connectivity index (χ1v) is 10.5. The van der Waals surface area contributed by atoms with Crippen molar-refractivity contribution in [3.8, 4) is 0 Å². The molecule has 0 spiro atoms. The minimum Gasteiger partial charge on any atom is -0.393 e. The Bertz CT molecular complexity index is 850. The molecule has 2 rings (SSSR count). The van der Waals surface area contributed by atoms with E-state index >= 15 is 0 Å². The van der Waals surface area contributed by atoms with Crippen LogP contribution < -0.4 is 5.32 Å². The lowest BCUT2D eigenvalue weighted by molar-refractivity contribution is -0.121. The lowest BCUT2D eigenvalue weighted by Crippen LogP contribution is -2.26. The predicted octanol–water partition coefficient (Wildman–Crippen LogP) is 4.10. The van der Waals surface area contributed by atoms with E-state index in [4.69, 9.17) is 4.98 Å². The van der Waals surface area contributed by atoms with Crippen LogP contribution in [0.5, 0.6) is 0 Å². The summed E-state index contributed by atoms with van der Waals surface area (Å²) in [5.74, 6) is 1.02. The van der Waals surface area contributed by atoms with Gasteiger partial charge in [0.05, 0.1) is 11.8 Å². The minimum atomic E-state index is -0.353. The van der Waals surface area contributed by atoms with Gasteiger partial charge in [0.1, 0.15) is 5.82 Å². The second-order valence-electron chi connectivity index (χ2n) is 7.86. The number of amides is 1. The third-order valence-corrected chi connectivity index (χ3v) is 5.19. The minimum absolute atomic E-state index is 0.0312.